The Labute approximate surface area is 118 Å². The van der Waals surface area contributed by atoms with Gasteiger partial charge in [0.1, 0.15) is 5.54 Å². The summed E-state index contributed by atoms with van der Waals surface area (Å²) in [4.78, 5) is 23.8. The maximum atomic E-state index is 12.3. The second-order valence-corrected chi connectivity index (χ2v) is 6.07. The number of hydrogen-bond acceptors (Lipinski definition) is 2. The summed E-state index contributed by atoms with van der Waals surface area (Å²) < 4.78 is 0. The summed E-state index contributed by atoms with van der Waals surface area (Å²) >= 11 is 0. The molecule has 2 aliphatic carbocycles. The molecule has 0 bridgehead atoms. The van der Waals surface area contributed by atoms with Crippen LogP contribution >= 0.6 is 0 Å². The standard InChI is InChI=1S/C16H19NO3/c1-16(15(19)20,13-7-8-13)17-14(18)12-6-5-10-3-2-4-11(10)9-12/h5-6,9,13H,2-4,7-8H2,1H3,(H,17,18)(H,19,20)/t16-/m1/s1. The Kier molecular flexibility index (Phi) is 3.04. The summed E-state index contributed by atoms with van der Waals surface area (Å²) in [6.45, 7) is 1.61. The van der Waals surface area contributed by atoms with Crippen LogP contribution in [0.1, 0.15) is 47.7 Å². The van der Waals surface area contributed by atoms with Gasteiger partial charge in [0, 0.05) is 5.56 Å². The minimum absolute atomic E-state index is 0.0541. The molecule has 0 radical (unpaired) electrons. The third kappa shape index (κ3) is 2.19. The van der Waals surface area contributed by atoms with Gasteiger partial charge in [-0.25, -0.2) is 4.79 Å². The molecule has 3 rings (SSSR count). The molecule has 20 heavy (non-hydrogen) atoms. The van der Waals surface area contributed by atoms with Crippen molar-refractivity contribution >= 4 is 11.9 Å². The highest BCUT2D eigenvalue weighted by atomic mass is 16.4. The second kappa shape index (κ2) is 4.62. The van der Waals surface area contributed by atoms with E-state index in [9.17, 15) is 14.7 Å². The van der Waals surface area contributed by atoms with E-state index >= 15 is 0 Å². The van der Waals surface area contributed by atoms with Gasteiger partial charge in [-0.05, 0) is 68.2 Å². The van der Waals surface area contributed by atoms with Gasteiger partial charge in [0.15, 0.2) is 0 Å². The van der Waals surface area contributed by atoms with Crippen LogP contribution in [0, 0.1) is 5.92 Å². The Bertz CT molecular complexity index is 577. The van der Waals surface area contributed by atoms with Crippen molar-refractivity contribution in [1.29, 1.82) is 0 Å². The first-order valence-corrected chi connectivity index (χ1v) is 7.18. The summed E-state index contributed by atoms with van der Waals surface area (Å²) in [5, 5.41) is 12.1. The maximum Gasteiger partial charge on any atom is 0.329 e. The number of fused-ring (bicyclic) bond motifs is 1. The first-order chi connectivity index (χ1) is 9.50. The number of carboxylic acids is 1. The predicted molar refractivity (Wildman–Crippen MR) is 74.7 cm³/mol. The lowest BCUT2D eigenvalue weighted by atomic mass is 9.95. The van der Waals surface area contributed by atoms with E-state index in [1.54, 1.807) is 13.0 Å². The van der Waals surface area contributed by atoms with Gasteiger partial charge in [-0.3, -0.25) is 4.79 Å². The number of aryl methyl sites for hydroxylation is 2. The zero-order valence-corrected chi connectivity index (χ0v) is 11.6. The van der Waals surface area contributed by atoms with Crippen molar-refractivity contribution in [3.8, 4) is 0 Å². The number of carbonyl (C=O) groups excluding carboxylic acids is 1. The smallest absolute Gasteiger partial charge is 0.329 e. The Morgan fingerprint density at radius 2 is 1.95 bits per heavy atom. The van der Waals surface area contributed by atoms with E-state index < -0.39 is 11.5 Å². The highest BCUT2D eigenvalue weighted by Crippen LogP contribution is 2.40. The molecule has 0 spiro atoms. The largest absolute Gasteiger partial charge is 0.480 e. The zero-order valence-electron chi connectivity index (χ0n) is 11.6. The molecule has 0 aromatic heterocycles. The molecule has 4 heteroatoms. The summed E-state index contributed by atoms with van der Waals surface area (Å²) in [6, 6.07) is 5.70. The molecule has 0 saturated heterocycles. The quantitative estimate of drug-likeness (QED) is 0.883. The highest BCUT2D eigenvalue weighted by molar-refractivity contribution is 5.98. The van der Waals surface area contributed by atoms with E-state index in [0.29, 0.717) is 5.56 Å². The number of benzene rings is 1. The second-order valence-electron chi connectivity index (χ2n) is 6.07. The molecule has 1 aromatic carbocycles. The van der Waals surface area contributed by atoms with E-state index in [2.05, 4.69) is 5.32 Å². The fourth-order valence-electron chi connectivity index (χ4n) is 3.01. The van der Waals surface area contributed by atoms with Gasteiger partial charge >= 0.3 is 5.97 Å². The molecule has 1 aromatic rings. The van der Waals surface area contributed by atoms with E-state index in [0.717, 1.165) is 32.1 Å². The third-order valence-corrected chi connectivity index (χ3v) is 4.57. The van der Waals surface area contributed by atoms with Crippen LogP contribution in [0.15, 0.2) is 18.2 Å². The number of hydrogen-bond donors (Lipinski definition) is 2. The van der Waals surface area contributed by atoms with E-state index in [4.69, 9.17) is 0 Å². The first kappa shape index (κ1) is 13.2. The normalized spacial score (nSPS) is 20.1. The van der Waals surface area contributed by atoms with Crippen molar-refractivity contribution in [2.75, 3.05) is 0 Å². The molecular weight excluding hydrogens is 254 g/mol. The molecule has 2 aliphatic rings. The van der Waals surface area contributed by atoms with Crippen molar-refractivity contribution in [3.63, 3.8) is 0 Å². The molecule has 1 saturated carbocycles. The van der Waals surface area contributed by atoms with Crippen molar-refractivity contribution < 1.29 is 14.7 Å². The van der Waals surface area contributed by atoms with Crippen LogP contribution in [0.3, 0.4) is 0 Å². The van der Waals surface area contributed by atoms with Crippen LogP contribution in [0.4, 0.5) is 0 Å². The highest BCUT2D eigenvalue weighted by Gasteiger charge is 2.48. The summed E-state index contributed by atoms with van der Waals surface area (Å²) in [7, 11) is 0. The minimum Gasteiger partial charge on any atom is -0.480 e. The number of carbonyl (C=O) groups is 2. The summed E-state index contributed by atoms with van der Waals surface area (Å²) in [5.74, 6) is -1.18. The van der Waals surface area contributed by atoms with Crippen LogP contribution in [0.2, 0.25) is 0 Å². The lowest BCUT2D eigenvalue weighted by Crippen LogP contribution is -2.54. The lowest BCUT2D eigenvalue weighted by Gasteiger charge is -2.26. The Balaban J connectivity index is 1.80. The molecule has 0 aliphatic heterocycles. The van der Waals surface area contributed by atoms with Gasteiger partial charge in [-0.15, -0.1) is 0 Å². The van der Waals surface area contributed by atoms with Crippen LogP contribution in [0.25, 0.3) is 0 Å². The van der Waals surface area contributed by atoms with Crippen molar-refractivity contribution in [1.82, 2.24) is 5.32 Å². The summed E-state index contributed by atoms with van der Waals surface area (Å²) in [5.41, 5.74) is 1.96. The van der Waals surface area contributed by atoms with Gasteiger partial charge in [0.2, 0.25) is 0 Å². The third-order valence-electron chi connectivity index (χ3n) is 4.57. The monoisotopic (exact) mass is 273 g/mol. The van der Waals surface area contributed by atoms with E-state index in [1.807, 2.05) is 12.1 Å². The Morgan fingerprint density at radius 1 is 1.25 bits per heavy atom. The molecular formula is C16H19NO3. The fourth-order valence-corrected chi connectivity index (χ4v) is 3.01. The van der Waals surface area contributed by atoms with Gasteiger partial charge in [0.05, 0.1) is 0 Å². The minimum atomic E-state index is -1.14. The zero-order chi connectivity index (χ0) is 14.3. The number of aliphatic carboxylic acids is 1. The molecule has 4 nitrogen and oxygen atoms in total. The van der Waals surface area contributed by atoms with Crippen LogP contribution in [-0.2, 0) is 17.6 Å². The van der Waals surface area contributed by atoms with Gasteiger partial charge in [-0.2, -0.15) is 0 Å². The number of carboxylic acid groups (broad SMARTS) is 1. The van der Waals surface area contributed by atoms with Crippen molar-refractivity contribution in [3.05, 3.63) is 34.9 Å². The predicted octanol–water partition coefficient (Wildman–Crippen LogP) is 2.16. The Morgan fingerprint density at radius 3 is 2.60 bits per heavy atom. The van der Waals surface area contributed by atoms with Crippen LogP contribution in [0.5, 0.6) is 0 Å². The number of amides is 1. The van der Waals surface area contributed by atoms with Gasteiger partial charge < -0.3 is 10.4 Å². The van der Waals surface area contributed by atoms with E-state index in [1.165, 1.54) is 11.1 Å². The van der Waals surface area contributed by atoms with Crippen molar-refractivity contribution in [2.45, 2.75) is 44.6 Å². The van der Waals surface area contributed by atoms with E-state index in [-0.39, 0.29) is 11.8 Å². The number of rotatable bonds is 4. The average Bonchev–Trinajstić information content (AvgIpc) is 3.16. The molecule has 1 atom stereocenters. The lowest BCUT2D eigenvalue weighted by molar-refractivity contribution is -0.144. The maximum absolute atomic E-state index is 12.3. The Hall–Kier alpha value is -1.84. The van der Waals surface area contributed by atoms with Crippen molar-refractivity contribution in [2.24, 2.45) is 5.92 Å². The summed E-state index contributed by atoms with van der Waals surface area (Å²) in [6.07, 6.45) is 4.96. The van der Waals surface area contributed by atoms with Crippen LogP contribution in [-0.4, -0.2) is 22.5 Å². The fraction of sp³-hybridized carbons (Fsp3) is 0.500. The molecule has 106 valence electrons. The molecule has 1 amide bonds. The first-order valence-electron chi connectivity index (χ1n) is 7.18. The van der Waals surface area contributed by atoms with Gasteiger partial charge in [0.25, 0.3) is 5.91 Å². The molecule has 1 fully saturated rings. The molecule has 2 N–H and O–H groups in total. The SMILES string of the molecule is C[C@](NC(=O)c1ccc2c(c1)CCC2)(C(=O)O)C1CC1. The topological polar surface area (TPSA) is 66.4 Å². The average molecular weight is 273 g/mol. The number of nitrogens with one attached hydrogen (secondary N) is 1. The van der Waals surface area contributed by atoms with Crippen LogP contribution < -0.4 is 5.32 Å². The van der Waals surface area contributed by atoms with Gasteiger partial charge in [-0.1, -0.05) is 6.07 Å². The molecule has 0 heterocycles. The molecule has 0 unspecified atom stereocenters.